The quantitative estimate of drug-likeness (QED) is 0.679. The minimum atomic E-state index is -0.556. The van der Waals surface area contributed by atoms with Crippen LogP contribution in [0.5, 0.6) is 5.75 Å². The second-order valence-electron chi connectivity index (χ2n) is 5.85. The van der Waals surface area contributed by atoms with Gasteiger partial charge < -0.3 is 19.9 Å². The molecule has 0 radical (unpaired) electrons. The minimum Gasteiger partial charge on any atom is -0.488 e. The van der Waals surface area contributed by atoms with Gasteiger partial charge in [0, 0.05) is 12.1 Å². The van der Waals surface area contributed by atoms with Crippen LogP contribution in [0.25, 0.3) is 0 Å². The molecule has 0 saturated carbocycles. The average Bonchev–Trinajstić information content (AvgIpc) is 2.82. The second-order valence-corrected chi connectivity index (χ2v) is 5.85. The van der Waals surface area contributed by atoms with Crippen LogP contribution in [-0.2, 0) is 9.47 Å². The number of hydrogen-bond donors (Lipinski definition) is 1. The Labute approximate surface area is 119 Å². The number of carbonyl (C=O) groups is 1. The summed E-state index contributed by atoms with van der Waals surface area (Å²) in [6.07, 6.45) is 0.886. The van der Waals surface area contributed by atoms with Gasteiger partial charge in [-0.25, -0.2) is 4.79 Å². The first-order chi connectivity index (χ1) is 9.35. The maximum atomic E-state index is 12.1. The predicted octanol–water partition coefficient (Wildman–Crippen LogP) is 2.39. The van der Waals surface area contributed by atoms with E-state index in [1.54, 1.807) is 18.2 Å². The molecule has 0 amide bonds. The number of nitrogen functional groups attached to an aromatic ring is 1. The zero-order valence-corrected chi connectivity index (χ0v) is 12.1. The third-order valence-electron chi connectivity index (χ3n) is 2.83. The molecule has 1 atom stereocenters. The number of ether oxygens (including phenoxy) is 3. The van der Waals surface area contributed by atoms with E-state index in [1.807, 2.05) is 20.8 Å². The van der Waals surface area contributed by atoms with Crippen molar-refractivity contribution in [1.82, 2.24) is 0 Å². The van der Waals surface area contributed by atoms with E-state index in [-0.39, 0.29) is 6.10 Å². The van der Waals surface area contributed by atoms with Crippen molar-refractivity contribution in [3.8, 4) is 5.75 Å². The summed E-state index contributed by atoms with van der Waals surface area (Å²) in [5, 5.41) is 0. The molecule has 0 bridgehead atoms. The monoisotopic (exact) mass is 279 g/mol. The van der Waals surface area contributed by atoms with Gasteiger partial charge in [-0.05, 0) is 39.0 Å². The van der Waals surface area contributed by atoms with Crippen molar-refractivity contribution < 1.29 is 19.0 Å². The Morgan fingerprint density at radius 3 is 2.75 bits per heavy atom. The van der Waals surface area contributed by atoms with Gasteiger partial charge in [0.2, 0.25) is 0 Å². The van der Waals surface area contributed by atoms with Crippen LogP contribution in [0.15, 0.2) is 18.2 Å². The van der Waals surface area contributed by atoms with E-state index in [0.717, 1.165) is 6.42 Å². The molecule has 1 fully saturated rings. The van der Waals surface area contributed by atoms with Gasteiger partial charge in [-0.15, -0.1) is 0 Å². The Kier molecular flexibility index (Phi) is 4.18. The molecule has 0 spiro atoms. The molecule has 1 aromatic rings. The number of anilines is 1. The summed E-state index contributed by atoms with van der Waals surface area (Å²) >= 11 is 0. The molecule has 1 aromatic carbocycles. The molecule has 0 aromatic heterocycles. The smallest absolute Gasteiger partial charge is 0.340 e. The van der Waals surface area contributed by atoms with Crippen LogP contribution in [0.3, 0.4) is 0 Å². The molecule has 1 saturated heterocycles. The molecule has 2 N–H and O–H groups in total. The van der Waals surface area contributed by atoms with Crippen molar-refractivity contribution in [2.75, 3.05) is 18.9 Å². The van der Waals surface area contributed by atoms with E-state index in [0.29, 0.717) is 30.2 Å². The second kappa shape index (κ2) is 5.71. The molecule has 5 heteroatoms. The van der Waals surface area contributed by atoms with E-state index in [1.165, 1.54) is 0 Å². The molecular formula is C15H21NO4. The van der Waals surface area contributed by atoms with Crippen molar-refractivity contribution in [2.45, 2.75) is 38.9 Å². The molecular weight excluding hydrogens is 258 g/mol. The number of nitrogens with two attached hydrogens (primary N) is 1. The summed E-state index contributed by atoms with van der Waals surface area (Å²) in [6, 6.07) is 5.04. The normalized spacial score (nSPS) is 18.9. The lowest BCUT2D eigenvalue weighted by atomic mass is 10.1. The Balaban J connectivity index is 2.13. The molecule has 1 heterocycles. The van der Waals surface area contributed by atoms with Gasteiger partial charge in [0.15, 0.2) is 0 Å². The zero-order valence-electron chi connectivity index (χ0n) is 12.1. The predicted molar refractivity (Wildman–Crippen MR) is 75.9 cm³/mol. The summed E-state index contributed by atoms with van der Waals surface area (Å²) in [5.41, 5.74) is 5.99. The maximum absolute atomic E-state index is 12.1. The van der Waals surface area contributed by atoms with Crippen molar-refractivity contribution in [3.05, 3.63) is 23.8 Å². The topological polar surface area (TPSA) is 70.8 Å². The van der Waals surface area contributed by atoms with Gasteiger partial charge in [-0.2, -0.15) is 0 Å². The Hall–Kier alpha value is -1.75. The molecule has 5 nitrogen and oxygen atoms in total. The Bertz CT molecular complexity index is 487. The van der Waals surface area contributed by atoms with Crippen molar-refractivity contribution in [1.29, 1.82) is 0 Å². The minimum absolute atomic E-state index is 0.0325. The van der Waals surface area contributed by atoms with Crippen LogP contribution >= 0.6 is 0 Å². The van der Waals surface area contributed by atoms with Crippen LogP contribution in [-0.4, -0.2) is 30.9 Å². The van der Waals surface area contributed by atoms with Crippen molar-refractivity contribution >= 4 is 11.7 Å². The lowest BCUT2D eigenvalue weighted by molar-refractivity contribution is 0.00702. The van der Waals surface area contributed by atoms with Crippen LogP contribution in [0.2, 0.25) is 0 Å². The third-order valence-corrected chi connectivity index (χ3v) is 2.83. The SMILES string of the molecule is CC(C)(C)OC(=O)c1cc(OC2CCOC2)ccc1N. The third kappa shape index (κ3) is 3.87. The fourth-order valence-corrected chi connectivity index (χ4v) is 1.92. The average molecular weight is 279 g/mol. The van der Waals surface area contributed by atoms with Crippen LogP contribution in [0.1, 0.15) is 37.6 Å². The van der Waals surface area contributed by atoms with E-state index in [4.69, 9.17) is 19.9 Å². The van der Waals surface area contributed by atoms with Gasteiger partial charge >= 0.3 is 5.97 Å². The molecule has 1 aliphatic heterocycles. The summed E-state index contributed by atoms with van der Waals surface area (Å²) in [6.45, 7) is 6.73. The molecule has 110 valence electrons. The standard InChI is InChI=1S/C15H21NO4/c1-15(2,3)20-14(17)12-8-10(4-5-13(12)16)19-11-6-7-18-9-11/h4-5,8,11H,6-7,9,16H2,1-3H3. The van der Waals surface area contributed by atoms with Gasteiger partial charge in [-0.3, -0.25) is 0 Å². The molecule has 2 rings (SSSR count). The maximum Gasteiger partial charge on any atom is 0.340 e. The number of rotatable bonds is 3. The molecule has 1 unspecified atom stereocenters. The fourth-order valence-electron chi connectivity index (χ4n) is 1.92. The van der Waals surface area contributed by atoms with E-state index >= 15 is 0 Å². The van der Waals surface area contributed by atoms with E-state index < -0.39 is 11.6 Å². The zero-order chi connectivity index (χ0) is 14.8. The first-order valence-corrected chi connectivity index (χ1v) is 6.72. The van der Waals surface area contributed by atoms with Gasteiger partial charge in [-0.1, -0.05) is 0 Å². The summed E-state index contributed by atoms with van der Waals surface area (Å²) < 4.78 is 16.3. The van der Waals surface area contributed by atoms with Gasteiger partial charge in [0.1, 0.15) is 17.5 Å². The lowest BCUT2D eigenvalue weighted by Crippen LogP contribution is -2.24. The largest absolute Gasteiger partial charge is 0.488 e. The van der Waals surface area contributed by atoms with E-state index in [2.05, 4.69) is 0 Å². The first-order valence-electron chi connectivity index (χ1n) is 6.72. The first kappa shape index (κ1) is 14.7. The van der Waals surface area contributed by atoms with Crippen molar-refractivity contribution in [2.24, 2.45) is 0 Å². The summed E-state index contributed by atoms with van der Waals surface area (Å²) in [4.78, 5) is 12.1. The number of esters is 1. The lowest BCUT2D eigenvalue weighted by Gasteiger charge is -2.20. The molecule has 0 aliphatic carbocycles. The summed E-state index contributed by atoms with van der Waals surface area (Å²) in [7, 11) is 0. The van der Waals surface area contributed by atoms with Gasteiger partial charge in [0.25, 0.3) is 0 Å². The summed E-state index contributed by atoms with van der Waals surface area (Å²) in [5.74, 6) is 0.165. The highest BCUT2D eigenvalue weighted by atomic mass is 16.6. The number of hydrogen-bond acceptors (Lipinski definition) is 5. The van der Waals surface area contributed by atoms with Crippen LogP contribution in [0.4, 0.5) is 5.69 Å². The Morgan fingerprint density at radius 1 is 1.40 bits per heavy atom. The fraction of sp³-hybridized carbons (Fsp3) is 0.533. The van der Waals surface area contributed by atoms with Crippen LogP contribution < -0.4 is 10.5 Å². The highest BCUT2D eigenvalue weighted by Crippen LogP contribution is 2.24. The molecule has 20 heavy (non-hydrogen) atoms. The highest BCUT2D eigenvalue weighted by Gasteiger charge is 2.22. The molecule has 1 aliphatic rings. The highest BCUT2D eigenvalue weighted by molar-refractivity contribution is 5.95. The number of carbonyl (C=O) groups excluding carboxylic acids is 1. The number of benzene rings is 1. The van der Waals surface area contributed by atoms with Gasteiger partial charge in [0.05, 0.1) is 18.8 Å². The van der Waals surface area contributed by atoms with Crippen molar-refractivity contribution in [3.63, 3.8) is 0 Å². The van der Waals surface area contributed by atoms with Crippen LogP contribution in [0, 0.1) is 0 Å². The Morgan fingerprint density at radius 2 is 2.15 bits per heavy atom. The van der Waals surface area contributed by atoms with E-state index in [9.17, 15) is 4.79 Å².